The lowest BCUT2D eigenvalue weighted by Crippen LogP contribution is -2.42. The van der Waals surface area contributed by atoms with Gasteiger partial charge in [0.05, 0.1) is 18.6 Å². The van der Waals surface area contributed by atoms with Crippen LogP contribution >= 0.6 is 11.6 Å². The fraction of sp³-hybridized carbons (Fsp3) is 0.667. The van der Waals surface area contributed by atoms with Gasteiger partial charge in [0.2, 0.25) is 5.91 Å². The average molecular weight is 379 g/mol. The van der Waals surface area contributed by atoms with E-state index in [2.05, 4.69) is 29.3 Å². The van der Waals surface area contributed by atoms with Crippen molar-refractivity contribution < 1.29 is 9.53 Å². The normalized spacial score (nSPS) is 23.5. The molecule has 0 spiro atoms. The van der Waals surface area contributed by atoms with E-state index in [4.69, 9.17) is 16.3 Å². The summed E-state index contributed by atoms with van der Waals surface area (Å²) in [5.74, 6) is 0.886. The van der Waals surface area contributed by atoms with Crippen molar-refractivity contribution in [2.45, 2.75) is 57.6 Å². The van der Waals surface area contributed by atoms with E-state index >= 15 is 0 Å². The van der Waals surface area contributed by atoms with Crippen molar-refractivity contribution in [1.82, 2.24) is 10.2 Å². The van der Waals surface area contributed by atoms with E-state index in [1.165, 1.54) is 18.4 Å². The maximum atomic E-state index is 12.4. The summed E-state index contributed by atoms with van der Waals surface area (Å²) >= 11 is 6.06. The Kier molecular flexibility index (Phi) is 7.35. The first-order valence-electron chi connectivity index (χ1n) is 9.99. The standard InChI is InChI=1S/C21H31ClN2O2/c1-16-9-11-24(12-10-16)20(17-5-7-18(22)8-6-17)15-23-21(25)14-19-4-2-3-13-26-19/h5-8,16,19-20H,2-4,9-15H2,1H3,(H,23,25). The van der Waals surface area contributed by atoms with Gasteiger partial charge in [0.1, 0.15) is 0 Å². The molecule has 2 aliphatic heterocycles. The van der Waals surface area contributed by atoms with Crippen molar-refractivity contribution in [3.8, 4) is 0 Å². The van der Waals surface area contributed by atoms with Gasteiger partial charge in [-0.1, -0.05) is 30.7 Å². The van der Waals surface area contributed by atoms with Gasteiger partial charge in [-0.2, -0.15) is 0 Å². The van der Waals surface area contributed by atoms with Gasteiger partial charge >= 0.3 is 0 Å². The minimum atomic E-state index is 0.0913. The number of carbonyl (C=O) groups excluding carboxylic acids is 1. The Morgan fingerprint density at radius 2 is 1.96 bits per heavy atom. The maximum Gasteiger partial charge on any atom is 0.222 e. The number of carbonyl (C=O) groups is 1. The molecule has 144 valence electrons. The summed E-state index contributed by atoms with van der Waals surface area (Å²) in [4.78, 5) is 14.9. The topological polar surface area (TPSA) is 41.6 Å². The summed E-state index contributed by atoms with van der Waals surface area (Å²) in [5.41, 5.74) is 1.22. The summed E-state index contributed by atoms with van der Waals surface area (Å²) in [7, 11) is 0. The number of nitrogens with one attached hydrogen (secondary N) is 1. The van der Waals surface area contributed by atoms with Gasteiger partial charge in [0.25, 0.3) is 0 Å². The fourth-order valence-electron chi connectivity index (χ4n) is 3.94. The molecule has 2 atom stereocenters. The number of benzene rings is 1. The molecule has 2 aliphatic rings. The predicted octanol–water partition coefficient (Wildman–Crippen LogP) is 4.19. The Morgan fingerprint density at radius 1 is 1.23 bits per heavy atom. The van der Waals surface area contributed by atoms with E-state index in [1.807, 2.05) is 12.1 Å². The third kappa shape index (κ3) is 5.70. The number of piperidine rings is 1. The first-order valence-corrected chi connectivity index (χ1v) is 10.4. The van der Waals surface area contributed by atoms with Gasteiger partial charge in [-0.25, -0.2) is 0 Å². The van der Waals surface area contributed by atoms with Gasteiger partial charge in [0, 0.05) is 18.2 Å². The third-order valence-electron chi connectivity index (χ3n) is 5.69. The van der Waals surface area contributed by atoms with Crippen LogP contribution in [0, 0.1) is 5.92 Å². The number of hydrogen-bond donors (Lipinski definition) is 1. The average Bonchev–Trinajstić information content (AvgIpc) is 2.65. The highest BCUT2D eigenvalue weighted by Crippen LogP contribution is 2.27. The summed E-state index contributed by atoms with van der Waals surface area (Å²) in [6.45, 7) is 5.91. The number of rotatable bonds is 6. The minimum Gasteiger partial charge on any atom is -0.378 e. The molecule has 2 heterocycles. The highest BCUT2D eigenvalue weighted by Gasteiger charge is 2.25. The summed E-state index contributed by atoms with van der Waals surface area (Å²) in [6, 6.07) is 8.25. The van der Waals surface area contributed by atoms with E-state index in [1.54, 1.807) is 0 Å². The quantitative estimate of drug-likeness (QED) is 0.807. The van der Waals surface area contributed by atoms with Gasteiger partial charge in [-0.05, 0) is 68.8 Å². The molecule has 0 saturated carbocycles. The highest BCUT2D eigenvalue weighted by atomic mass is 35.5. The summed E-state index contributed by atoms with van der Waals surface area (Å²) < 4.78 is 5.70. The van der Waals surface area contributed by atoms with Crippen LogP contribution < -0.4 is 5.32 Å². The Bertz CT molecular complexity index is 564. The van der Waals surface area contributed by atoms with Crippen LogP contribution in [-0.2, 0) is 9.53 Å². The summed E-state index contributed by atoms with van der Waals surface area (Å²) in [6.07, 6.45) is 6.28. The third-order valence-corrected chi connectivity index (χ3v) is 5.95. The van der Waals surface area contributed by atoms with Gasteiger partial charge < -0.3 is 10.1 Å². The van der Waals surface area contributed by atoms with E-state index in [9.17, 15) is 4.79 Å². The first-order chi connectivity index (χ1) is 12.6. The second-order valence-corrected chi connectivity index (χ2v) is 8.22. The van der Waals surface area contributed by atoms with Gasteiger partial charge in [-0.3, -0.25) is 9.69 Å². The SMILES string of the molecule is CC1CCN(C(CNC(=O)CC2CCCCO2)c2ccc(Cl)cc2)CC1. The predicted molar refractivity (Wildman–Crippen MR) is 105 cm³/mol. The van der Waals surface area contributed by atoms with Gasteiger partial charge in [-0.15, -0.1) is 0 Å². The Labute approximate surface area is 162 Å². The van der Waals surface area contributed by atoms with E-state index < -0.39 is 0 Å². The number of hydrogen-bond acceptors (Lipinski definition) is 3. The number of amides is 1. The Hall–Kier alpha value is -1.10. The fourth-order valence-corrected chi connectivity index (χ4v) is 4.07. The van der Waals surface area contributed by atoms with Crippen molar-refractivity contribution >= 4 is 17.5 Å². The van der Waals surface area contributed by atoms with Crippen LogP contribution in [0.4, 0.5) is 0 Å². The van der Waals surface area contributed by atoms with E-state index in [0.717, 1.165) is 49.9 Å². The molecule has 2 fully saturated rings. The molecule has 1 N–H and O–H groups in total. The number of halogens is 1. The second kappa shape index (κ2) is 9.72. The lowest BCUT2D eigenvalue weighted by molar-refractivity contribution is -0.125. The summed E-state index contributed by atoms with van der Waals surface area (Å²) in [5, 5.41) is 3.91. The molecular formula is C21H31ClN2O2. The monoisotopic (exact) mass is 378 g/mol. The molecule has 1 aromatic rings. The van der Waals surface area contributed by atoms with Crippen molar-refractivity contribution in [3.63, 3.8) is 0 Å². The van der Waals surface area contributed by atoms with Crippen LogP contribution in [-0.4, -0.2) is 43.2 Å². The molecule has 0 aliphatic carbocycles. The number of nitrogens with zero attached hydrogens (tertiary/aromatic N) is 1. The first kappa shape index (κ1) is 19.7. The molecule has 4 nitrogen and oxygen atoms in total. The minimum absolute atomic E-state index is 0.0913. The maximum absolute atomic E-state index is 12.4. The van der Waals surface area contributed by atoms with Crippen LogP contribution in [0.25, 0.3) is 0 Å². The molecule has 1 aromatic carbocycles. The van der Waals surface area contributed by atoms with E-state index in [-0.39, 0.29) is 18.1 Å². The molecule has 0 bridgehead atoms. The largest absolute Gasteiger partial charge is 0.378 e. The lowest BCUT2D eigenvalue weighted by atomic mass is 9.95. The molecule has 2 saturated heterocycles. The Morgan fingerprint density at radius 3 is 2.62 bits per heavy atom. The van der Waals surface area contributed by atoms with Crippen LogP contribution in [0.1, 0.15) is 57.1 Å². The van der Waals surface area contributed by atoms with Crippen LogP contribution in [0.2, 0.25) is 5.02 Å². The zero-order valence-electron chi connectivity index (χ0n) is 15.8. The highest BCUT2D eigenvalue weighted by molar-refractivity contribution is 6.30. The van der Waals surface area contributed by atoms with Crippen molar-refractivity contribution in [1.29, 1.82) is 0 Å². The zero-order valence-corrected chi connectivity index (χ0v) is 16.5. The molecule has 3 rings (SSSR count). The van der Waals surface area contributed by atoms with Crippen molar-refractivity contribution in [3.05, 3.63) is 34.9 Å². The second-order valence-electron chi connectivity index (χ2n) is 7.78. The smallest absolute Gasteiger partial charge is 0.222 e. The van der Waals surface area contributed by atoms with Crippen LogP contribution in [0.5, 0.6) is 0 Å². The van der Waals surface area contributed by atoms with E-state index in [0.29, 0.717) is 13.0 Å². The molecule has 0 radical (unpaired) electrons. The molecule has 26 heavy (non-hydrogen) atoms. The lowest BCUT2D eigenvalue weighted by Gasteiger charge is -2.37. The number of likely N-dealkylation sites (tertiary alicyclic amines) is 1. The number of ether oxygens (including phenoxy) is 1. The van der Waals surface area contributed by atoms with Crippen molar-refractivity contribution in [2.24, 2.45) is 5.92 Å². The van der Waals surface area contributed by atoms with Crippen LogP contribution in [0.15, 0.2) is 24.3 Å². The molecule has 1 amide bonds. The molecule has 0 aromatic heterocycles. The zero-order chi connectivity index (χ0) is 18.4. The molecular weight excluding hydrogens is 348 g/mol. The Balaban J connectivity index is 1.59. The molecule has 2 unspecified atom stereocenters. The molecule has 5 heteroatoms. The van der Waals surface area contributed by atoms with Crippen LogP contribution in [0.3, 0.4) is 0 Å². The van der Waals surface area contributed by atoms with Gasteiger partial charge in [0.15, 0.2) is 0 Å². The van der Waals surface area contributed by atoms with Crippen molar-refractivity contribution in [2.75, 3.05) is 26.2 Å².